The Bertz CT molecular complexity index is 1680. The molecule has 1 aliphatic heterocycles. The van der Waals surface area contributed by atoms with Crippen LogP contribution in [0.3, 0.4) is 0 Å². The van der Waals surface area contributed by atoms with Crippen LogP contribution in [0.1, 0.15) is 50.0 Å². The average molecular weight is 555 g/mol. The minimum atomic E-state index is -0.539. The molecule has 2 amide bonds. The summed E-state index contributed by atoms with van der Waals surface area (Å²) < 4.78 is 15.4. The van der Waals surface area contributed by atoms with Gasteiger partial charge in [0.1, 0.15) is 11.6 Å². The quantitative estimate of drug-likeness (QED) is 0.296. The largest absolute Gasteiger partial charge is 0.345 e. The molecule has 1 saturated heterocycles. The molecular formula is C31H31FN6O3. The van der Waals surface area contributed by atoms with Crippen molar-refractivity contribution in [1.29, 1.82) is 0 Å². The molecule has 1 aliphatic carbocycles. The van der Waals surface area contributed by atoms with E-state index in [1.165, 1.54) is 12.3 Å². The number of nitrogens with zero attached hydrogens (tertiary/aromatic N) is 3. The van der Waals surface area contributed by atoms with Crippen LogP contribution in [0.15, 0.2) is 59.7 Å². The molecule has 2 aliphatic rings. The van der Waals surface area contributed by atoms with Crippen LogP contribution in [-0.2, 0) is 9.59 Å². The average Bonchev–Trinajstić information content (AvgIpc) is 3.31. The lowest BCUT2D eigenvalue weighted by Crippen LogP contribution is -2.24. The second kappa shape index (κ2) is 11.1. The summed E-state index contributed by atoms with van der Waals surface area (Å²) in [6, 6.07) is 11.4. The zero-order valence-corrected chi connectivity index (χ0v) is 22.7. The van der Waals surface area contributed by atoms with Crippen molar-refractivity contribution in [3.05, 3.63) is 76.6 Å². The van der Waals surface area contributed by atoms with Gasteiger partial charge >= 0.3 is 0 Å². The molecule has 210 valence electrons. The molecule has 1 unspecified atom stereocenters. The molecule has 0 spiro atoms. The first-order valence-electron chi connectivity index (χ1n) is 14.0. The molecular weight excluding hydrogens is 523 g/mol. The maximum atomic E-state index is 15.4. The number of pyridine rings is 3. The maximum absolute atomic E-state index is 15.4. The summed E-state index contributed by atoms with van der Waals surface area (Å²) in [4.78, 5) is 51.2. The number of likely N-dealkylation sites (tertiary alicyclic amines) is 1. The third-order valence-electron chi connectivity index (χ3n) is 8.10. The second-order valence-electron chi connectivity index (χ2n) is 10.8. The van der Waals surface area contributed by atoms with Crippen molar-refractivity contribution >= 4 is 39.9 Å². The van der Waals surface area contributed by atoms with Gasteiger partial charge < -0.3 is 20.5 Å². The van der Waals surface area contributed by atoms with Crippen LogP contribution < -0.4 is 16.2 Å². The van der Waals surface area contributed by atoms with Crippen molar-refractivity contribution in [2.24, 2.45) is 5.92 Å². The van der Waals surface area contributed by atoms with Gasteiger partial charge in [-0.25, -0.2) is 14.4 Å². The van der Waals surface area contributed by atoms with Crippen molar-refractivity contribution in [2.45, 2.75) is 44.4 Å². The third kappa shape index (κ3) is 5.41. The Labute approximate surface area is 236 Å². The van der Waals surface area contributed by atoms with E-state index in [4.69, 9.17) is 0 Å². The number of rotatable bonds is 6. The minimum Gasteiger partial charge on any atom is -0.345 e. The Balaban J connectivity index is 1.29. The minimum absolute atomic E-state index is 0.0389. The van der Waals surface area contributed by atoms with Gasteiger partial charge in [-0.3, -0.25) is 14.4 Å². The zero-order valence-electron chi connectivity index (χ0n) is 22.7. The molecule has 0 radical (unpaired) electrons. The predicted octanol–water partition coefficient (Wildman–Crippen LogP) is 5.33. The zero-order chi connectivity index (χ0) is 28.5. The number of hydrogen-bond acceptors (Lipinski definition) is 6. The fourth-order valence-electron chi connectivity index (χ4n) is 5.79. The molecule has 6 rings (SSSR count). The Morgan fingerprint density at radius 1 is 1.05 bits per heavy atom. The molecule has 3 N–H and O–H groups in total. The first kappa shape index (κ1) is 26.6. The topological polar surface area (TPSA) is 120 Å². The molecule has 41 heavy (non-hydrogen) atoms. The first-order chi connectivity index (χ1) is 19.9. The van der Waals surface area contributed by atoms with Gasteiger partial charge in [0.05, 0.1) is 28.2 Å². The number of halogens is 1. The Kier molecular flexibility index (Phi) is 7.21. The van der Waals surface area contributed by atoms with E-state index in [-0.39, 0.29) is 34.8 Å². The molecule has 4 aromatic rings. The van der Waals surface area contributed by atoms with Gasteiger partial charge in [0.25, 0.3) is 5.56 Å². The number of anilines is 3. The van der Waals surface area contributed by atoms with Crippen molar-refractivity contribution in [1.82, 2.24) is 19.9 Å². The lowest BCUT2D eigenvalue weighted by Gasteiger charge is -2.20. The lowest BCUT2D eigenvalue weighted by molar-refractivity contribution is -0.127. The fraction of sp³-hybridized carbons (Fsp3) is 0.323. The van der Waals surface area contributed by atoms with Crippen LogP contribution in [0.25, 0.3) is 22.2 Å². The van der Waals surface area contributed by atoms with Crippen molar-refractivity contribution < 1.29 is 14.0 Å². The summed E-state index contributed by atoms with van der Waals surface area (Å²) >= 11 is 0. The number of H-pyrrole nitrogens is 1. The summed E-state index contributed by atoms with van der Waals surface area (Å²) in [6.07, 6.45) is 8.84. The Hall–Kier alpha value is -4.60. The number of hydrogen-bond donors (Lipinski definition) is 3. The van der Waals surface area contributed by atoms with E-state index in [1.54, 1.807) is 48.5 Å². The van der Waals surface area contributed by atoms with Crippen molar-refractivity contribution in [3.8, 4) is 11.3 Å². The van der Waals surface area contributed by atoms with Crippen LogP contribution in [0.2, 0.25) is 0 Å². The summed E-state index contributed by atoms with van der Waals surface area (Å²) in [5.41, 5.74) is 2.25. The molecule has 1 aromatic carbocycles. The molecule has 9 nitrogen and oxygen atoms in total. The smallest absolute Gasteiger partial charge is 0.259 e. The summed E-state index contributed by atoms with van der Waals surface area (Å²) in [5, 5.41) is 6.35. The van der Waals surface area contributed by atoms with Crippen molar-refractivity contribution in [3.63, 3.8) is 0 Å². The Morgan fingerprint density at radius 3 is 2.59 bits per heavy atom. The molecule has 1 atom stereocenters. The molecule has 3 aromatic heterocycles. The van der Waals surface area contributed by atoms with Gasteiger partial charge in [-0.15, -0.1) is 0 Å². The van der Waals surface area contributed by atoms with Gasteiger partial charge in [0.15, 0.2) is 0 Å². The van der Waals surface area contributed by atoms with Crippen LogP contribution in [0.5, 0.6) is 0 Å². The van der Waals surface area contributed by atoms with E-state index in [1.807, 2.05) is 6.07 Å². The van der Waals surface area contributed by atoms with Crippen molar-refractivity contribution in [2.75, 3.05) is 24.2 Å². The van der Waals surface area contributed by atoms with Gasteiger partial charge in [0.2, 0.25) is 11.8 Å². The predicted molar refractivity (Wildman–Crippen MR) is 155 cm³/mol. The SMILES string of the molecule is CN1CCC(c2ccc(Nc3cc(-c4ccc(NC(=O)C5CCCCC5)cc4F)nc4cc[nH]c(=O)c34)nc2)C1=O. The molecule has 10 heteroatoms. The monoisotopic (exact) mass is 554 g/mol. The fourth-order valence-corrected chi connectivity index (χ4v) is 5.79. The number of aromatic nitrogens is 3. The number of aromatic amines is 1. The number of fused-ring (bicyclic) bond motifs is 1. The highest BCUT2D eigenvalue weighted by Gasteiger charge is 2.30. The van der Waals surface area contributed by atoms with Gasteiger partial charge in [-0.1, -0.05) is 25.3 Å². The number of nitrogens with one attached hydrogen (secondary N) is 3. The van der Waals surface area contributed by atoms with Gasteiger partial charge in [-0.05, 0) is 61.2 Å². The van der Waals surface area contributed by atoms with E-state index in [0.717, 1.165) is 44.1 Å². The highest BCUT2D eigenvalue weighted by atomic mass is 19.1. The van der Waals surface area contributed by atoms with E-state index >= 15 is 4.39 Å². The van der Waals surface area contributed by atoms with Crippen LogP contribution in [0.4, 0.5) is 21.6 Å². The van der Waals surface area contributed by atoms with Crippen LogP contribution in [-0.4, -0.2) is 45.3 Å². The number of carbonyl (C=O) groups excluding carboxylic acids is 2. The van der Waals surface area contributed by atoms with Gasteiger partial charge in [-0.2, -0.15) is 0 Å². The molecule has 4 heterocycles. The van der Waals surface area contributed by atoms with E-state index < -0.39 is 5.82 Å². The highest BCUT2D eigenvalue weighted by Crippen LogP contribution is 2.32. The van der Waals surface area contributed by atoms with E-state index in [0.29, 0.717) is 40.3 Å². The third-order valence-corrected chi connectivity index (χ3v) is 8.10. The number of carbonyl (C=O) groups is 2. The molecule has 2 fully saturated rings. The maximum Gasteiger partial charge on any atom is 0.259 e. The lowest BCUT2D eigenvalue weighted by atomic mass is 9.88. The second-order valence-corrected chi connectivity index (χ2v) is 10.8. The molecule has 1 saturated carbocycles. The van der Waals surface area contributed by atoms with E-state index in [9.17, 15) is 14.4 Å². The first-order valence-corrected chi connectivity index (χ1v) is 14.0. The Morgan fingerprint density at radius 2 is 1.88 bits per heavy atom. The summed E-state index contributed by atoms with van der Waals surface area (Å²) in [7, 11) is 1.79. The van der Waals surface area contributed by atoms with E-state index in [2.05, 4.69) is 25.6 Å². The number of amides is 2. The number of benzene rings is 1. The summed E-state index contributed by atoms with van der Waals surface area (Å²) in [6.45, 7) is 0.711. The standard InChI is InChI=1S/C31H31FN6O3/c1-38-14-12-21(31(38)41)19-7-10-27(34-17-19)37-26-16-25(36-24-11-13-33-30(40)28(24)26)22-9-8-20(15-23(22)32)35-29(39)18-5-3-2-4-6-18/h7-11,13,15-18,21H,2-6,12,14H2,1H3,(H,33,40)(H,35,39)(H,34,36,37). The van der Waals surface area contributed by atoms with Crippen LogP contribution in [0, 0.1) is 11.7 Å². The molecule has 0 bridgehead atoms. The highest BCUT2D eigenvalue weighted by molar-refractivity contribution is 5.95. The normalized spacial score (nSPS) is 17.7. The number of likely N-dealkylation sites (N-methyl/N-ethyl adjacent to an activating group) is 1. The van der Waals surface area contributed by atoms with Crippen LogP contribution >= 0.6 is 0 Å². The summed E-state index contributed by atoms with van der Waals surface area (Å²) in [5.74, 6) is -0.322. The van der Waals surface area contributed by atoms with Gasteiger partial charge in [0, 0.05) is 43.2 Å².